The normalized spacial score (nSPS) is 20.1. The van der Waals surface area contributed by atoms with E-state index >= 15 is 0 Å². The maximum Gasteiger partial charge on any atom is 0.121 e. The summed E-state index contributed by atoms with van der Waals surface area (Å²) in [6, 6.07) is 10.3. The lowest BCUT2D eigenvalue weighted by Crippen LogP contribution is -2.28. The third kappa shape index (κ3) is 3.38. The minimum Gasteiger partial charge on any atom is -0.495 e. The zero-order chi connectivity index (χ0) is 13.7. The molecule has 0 aliphatic carbocycles. The smallest absolute Gasteiger partial charge is 0.121 e. The zero-order valence-corrected chi connectivity index (χ0v) is 11.9. The van der Waals surface area contributed by atoms with Crippen molar-refractivity contribution in [1.29, 1.82) is 0 Å². The van der Waals surface area contributed by atoms with Crippen molar-refractivity contribution in [2.75, 3.05) is 6.61 Å². The molecule has 0 saturated heterocycles. The van der Waals surface area contributed by atoms with Gasteiger partial charge in [0, 0.05) is 5.92 Å². The zero-order valence-electron chi connectivity index (χ0n) is 11.9. The Bertz CT molecular complexity index is 411. The Labute approximate surface area is 116 Å². The molecular weight excluding hydrogens is 236 g/mol. The lowest BCUT2D eigenvalue weighted by Gasteiger charge is -2.31. The predicted molar refractivity (Wildman–Crippen MR) is 77.9 cm³/mol. The maximum atomic E-state index is 10.7. The van der Waals surface area contributed by atoms with Crippen LogP contribution >= 0.6 is 0 Å². The Morgan fingerprint density at radius 3 is 2.58 bits per heavy atom. The first-order valence-corrected chi connectivity index (χ1v) is 7.30. The van der Waals surface area contributed by atoms with Crippen LogP contribution < -0.4 is 0 Å². The number of hydrogen-bond donors (Lipinski definition) is 1. The van der Waals surface area contributed by atoms with Gasteiger partial charge in [-0.3, -0.25) is 0 Å². The average molecular weight is 260 g/mol. The van der Waals surface area contributed by atoms with Gasteiger partial charge in [-0.1, -0.05) is 50.6 Å². The number of aliphatic hydroxyl groups excluding tert-OH is 1. The van der Waals surface area contributed by atoms with Crippen LogP contribution in [0.5, 0.6) is 0 Å². The third-order valence-corrected chi connectivity index (χ3v) is 4.04. The van der Waals surface area contributed by atoms with Gasteiger partial charge in [-0.2, -0.15) is 0 Å². The summed E-state index contributed by atoms with van der Waals surface area (Å²) in [5.74, 6) is 1.29. The fourth-order valence-electron chi connectivity index (χ4n) is 2.71. The monoisotopic (exact) mass is 260 g/mol. The van der Waals surface area contributed by atoms with Crippen LogP contribution in [0.2, 0.25) is 0 Å². The van der Waals surface area contributed by atoms with Crippen LogP contribution in [-0.2, 0) is 4.74 Å². The number of rotatable bonds is 5. The SMILES string of the molecule is CCC(C)C(c1ccccc1)C(O)C1=CCCCO1. The van der Waals surface area contributed by atoms with Crippen LogP contribution in [-0.4, -0.2) is 17.8 Å². The van der Waals surface area contributed by atoms with Crippen molar-refractivity contribution in [2.45, 2.75) is 45.1 Å². The van der Waals surface area contributed by atoms with Gasteiger partial charge in [-0.15, -0.1) is 0 Å². The number of ether oxygens (including phenoxy) is 1. The second kappa shape index (κ2) is 6.76. The molecular formula is C17H24O2. The molecule has 3 unspecified atom stereocenters. The van der Waals surface area contributed by atoms with Gasteiger partial charge in [0.2, 0.25) is 0 Å². The fourth-order valence-corrected chi connectivity index (χ4v) is 2.71. The summed E-state index contributed by atoms with van der Waals surface area (Å²) in [5, 5.41) is 10.7. The first-order valence-electron chi connectivity index (χ1n) is 7.30. The van der Waals surface area contributed by atoms with Crippen molar-refractivity contribution in [3.05, 3.63) is 47.7 Å². The molecule has 0 saturated carbocycles. The summed E-state index contributed by atoms with van der Waals surface area (Å²) < 4.78 is 5.65. The van der Waals surface area contributed by atoms with Crippen molar-refractivity contribution in [3.8, 4) is 0 Å². The van der Waals surface area contributed by atoms with Crippen LogP contribution in [0.25, 0.3) is 0 Å². The molecule has 19 heavy (non-hydrogen) atoms. The first kappa shape index (κ1) is 14.1. The molecule has 2 heteroatoms. The highest BCUT2D eigenvalue weighted by Gasteiger charge is 2.30. The molecule has 1 aromatic carbocycles. The van der Waals surface area contributed by atoms with E-state index in [9.17, 15) is 5.11 Å². The molecule has 1 N–H and O–H groups in total. The summed E-state index contributed by atoms with van der Waals surface area (Å²) in [6.45, 7) is 5.10. The lowest BCUT2D eigenvalue weighted by atomic mass is 9.80. The van der Waals surface area contributed by atoms with Crippen molar-refractivity contribution in [3.63, 3.8) is 0 Å². The quantitative estimate of drug-likeness (QED) is 0.870. The van der Waals surface area contributed by atoms with Gasteiger partial charge in [-0.25, -0.2) is 0 Å². The molecule has 1 aliphatic heterocycles. The van der Waals surface area contributed by atoms with Gasteiger partial charge in [0.05, 0.1) is 6.61 Å². The third-order valence-electron chi connectivity index (χ3n) is 4.04. The molecule has 2 rings (SSSR count). The highest BCUT2D eigenvalue weighted by Crippen LogP contribution is 2.34. The van der Waals surface area contributed by atoms with Gasteiger partial charge < -0.3 is 9.84 Å². The Kier molecular flexibility index (Phi) is 5.03. The molecule has 1 aromatic rings. The summed E-state index contributed by atoms with van der Waals surface area (Å²) in [5.41, 5.74) is 1.19. The van der Waals surface area contributed by atoms with E-state index in [1.807, 2.05) is 24.3 Å². The van der Waals surface area contributed by atoms with Crippen LogP contribution in [0.1, 0.15) is 44.6 Å². The number of benzene rings is 1. The van der Waals surface area contributed by atoms with Gasteiger partial charge in [-0.05, 0) is 30.4 Å². The molecule has 1 heterocycles. The van der Waals surface area contributed by atoms with Crippen molar-refractivity contribution in [1.82, 2.24) is 0 Å². The molecule has 3 atom stereocenters. The number of hydrogen-bond acceptors (Lipinski definition) is 2. The van der Waals surface area contributed by atoms with Crippen molar-refractivity contribution >= 4 is 0 Å². The summed E-state index contributed by atoms with van der Waals surface area (Å²) in [6.07, 6.45) is 4.62. The second-order valence-electron chi connectivity index (χ2n) is 5.36. The van der Waals surface area contributed by atoms with E-state index < -0.39 is 6.10 Å². The standard InChI is InChI=1S/C17H24O2/c1-3-13(2)16(14-9-5-4-6-10-14)17(18)15-11-7-8-12-19-15/h4-6,9-11,13,16-18H,3,7-8,12H2,1-2H3. The van der Waals surface area contributed by atoms with Crippen LogP contribution in [0.4, 0.5) is 0 Å². The van der Waals surface area contributed by atoms with Crippen LogP contribution in [0.3, 0.4) is 0 Å². The fraction of sp³-hybridized carbons (Fsp3) is 0.529. The minimum atomic E-state index is -0.530. The van der Waals surface area contributed by atoms with Crippen molar-refractivity contribution in [2.24, 2.45) is 5.92 Å². The molecule has 1 aliphatic rings. The van der Waals surface area contributed by atoms with E-state index in [1.54, 1.807) is 0 Å². The average Bonchev–Trinajstić information content (AvgIpc) is 2.49. The highest BCUT2D eigenvalue weighted by molar-refractivity contribution is 5.24. The van der Waals surface area contributed by atoms with E-state index in [4.69, 9.17) is 4.74 Å². The lowest BCUT2D eigenvalue weighted by molar-refractivity contribution is 0.0620. The van der Waals surface area contributed by atoms with E-state index in [-0.39, 0.29) is 5.92 Å². The topological polar surface area (TPSA) is 29.5 Å². The molecule has 0 aromatic heterocycles. The molecule has 0 amide bonds. The van der Waals surface area contributed by atoms with Gasteiger partial charge in [0.1, 0.15) is 11.9 Å². The van der Waals surface area contributed by atoms with Crippen LogP contribution in [0.15, 0.2) is 42.2 Å². The molecule has 0 radical (unpaired) electrons. The van der Waals surface area contributed by atoms with E-state index in [0.717, 1.165) is 31.6 Å². The first-order chi connectivity index (χ1) is 9.24. The van der Waals surface area contributed by atoms with Crippen molar-refractivity contribution < 1.29 is 9.84 Å². The molecule has 104 valence electrons. The second-order valence-corrected chi connectivity index (χ2v) is 5.36. The number of aliphatic hydroxyl groups is 1. The van der Waals surface area contributed by atoms with Crippen LogP contribution in [0, 0.1) is 5.92 Å². The Morgan fingerprint density at radius 2 is 2.00 bits per heavy atom. The summed E-state index contributed by atoms with van der Waals surface area (Å²) in [7, 11) is 0. The number of allylic oxidation sites excluding steroid dienone is 1. The minimum absolute atomic E-state index is 0.107. The Hall–Kier alpha value is -1.28. The Balaban J connectivity index is 2.25. The molecule has 0 bridgehead atoms. The molecule has 0 spiro atoms. The maximum absolute atomic E-state index is 10.7. The van der Waals surface area contributed by atoms with E-state index in [1.165, 1.54) is 5.56 Å². The van der Waals surface area contributed by atoms with E-state index in [0.29, 0.717) is 5.92 Å². The van der Waals surface area contributed by atoms with Gasteiger partial charge in [0.15, 0.2) is 0 Å². The van der Waals surface area contributed by atoms with Gasteiger partial charge in [0.25, 0.3) is 0 Å². The highest BCUT2D eigenvalue weighted by atomic mass is 16.5. The predicted octanol–water partition coefficient (Wildman–Crippen LogP) is 3.87. The molecule has 2 nitrogen and oxygen atoms in total. The summed E-state index contributed by atoms with van der Waals surface area (Å²) >= 11 is 0. The van der Waals surface area contributed by atoms with E-state index in [2.05, 4.69) is 26.0 Å². The molecule has 0 fully saturated rings. The largest absolute Gasteiger partial charge is 0.495 e. The summed E-state index contributed by atoms with van der Waals surface area (Å²) in [4.78, 5) is 0. The van der Waals surface area contributed by atoms with Gasteiger partial charge >= 0.3 is 0 Å². The Morgan fingerprint density at radius 1 is 1.26 bits per heavy atom.